The number of phenolic OH excluding ortho intramolecular Hbond substituents is 1. The van der Waals surface area contributed by atoms with Crippen molar-refractivity contribution in [2.45, 2.75) is 73.4 Å². The Morgan fingerprint density at radius 3 is 2.31 bits per heavy atom. The van der Waals surface area contributed by atoms with Gasteiger partial charge >= 0.3 is 17.6 Å². The molecule has 5 aliphatic heterocycles. The topological polar surface area (TPSA) is 271 Å². The van der Waals surface area contributed by atoms with Crippen LogP contribution in [0.1, 0.15) is 46.1 Å². The number of fused-ring (bicyclic) bond motifs is 4. The van der Waals surface area contributed by atoms with Crippen LogP contribution in [0.4, 0.5) is 14.6 Å². The second kappa shape index (κ2) is 17.3. The number of carbonyl (C=O) groups is 1. The van der Waals surface area contributed by atoms with E-state index < -0.39 is 103 Å². The number of hydrogen-bond acceptors (Lipinski definition) is 20. The van der Waals surface area contributed by atoms with E-state index in [4.69, 9.17) is 58.2 Å². The minimum Gasteiger partial charge on any atom is -0.502 e. The predicted molar refractivity (Wildman–Crippen MR) is 211 cm³/mol. The minimum absolute atomic E-state index is 0.0242. The van der Waals surface area contributed by atoms with Crippen molar-refractivity contribution >= 4 is 23.1 Å². The normalized spacial score (nSPS) is 33.2. The Balaban J connectivity index is 0.000000242. The predicted octanol–water partition coefficient (Wildman–Crippen LogP) is 1.46. The number of hydrogen-bond donors (Lipinski definition) is 6. The fourth-order valence-corrected chi connectivity index (χ4v) is 9.61. The number of nitrogens with zero attached hydrogens (tertiary/aromatic N) is 2. The first kappa shape index (κ1) is 44.0. The number of aliphatic hydroxyl groups is 4. The molecule has 64 heavy (non-hydrogen) atoms. The SMILES string of the molecule is COc1cc([C@@H]2c3cc4c(cc3C(O[C@@H]3O[C@@H]5COC(c6cccs6)O[C@H]5[C@H](O)[C@H]3O)C3COC(=O)[C@@H]32)OCO4)cc(OC)c1O.Nc1ccn([C@@H]2O[C@H](CO)[C@@H](O)C2(F)F)c(=O)n1. The van der Waals surface area contributed by atoms with Gasteiger partial charge in [0.2, 0.25) is 18.8 Å². The molecule has 4 aromatic rings. The van der Waals surface area contributed by atoms with Crippen molar-refractivity contribution in [3.05, 3.63) is 86.1 Å². The van der Waals surface area contributed by atoms with Crippen molar-refractivity contribution in [3.8, 4) is 28.7 Å². The maximum absolute atomic E-state index is 13.7. The fraction of sp³-hybridized carbons (Fsp3) is 0.488. The third kappa shape index (κ3) is 7.57. The number of anilines is 1. The molecule has 3 unspecified atom stereocenters. The molecular weight excluding hydrogens is 877 g/mol. The zero-order valence-electron chi connectivity index (χ0n) is 33.8. The van der Waals surface area contributed by atoms with Crippen LogP contribution in [0.25, 0.3) is 0 Å². The Kier molecular flexibility index (Phi) is 11.9. The first-order valence-corrected chi connectivity index (χ1v) is 20.8. The fourth-order valence-electron chi connectivity index (χ4n) is 8.91. The molecule has 4 fully saturated rings. The van der Waals surface area contributed by atoms with E-state index in [1.165, 1.54) is 25.6 Å². The van der Waals surface area contributed by atoms with Crippen LogP contribution in [-0.4, -0.2) is 131 Å². The number of ether oxygens (including phenoxy) is 10. The maximum Gasteiger partial charge on any atom is 0.351 e. The van der Waals surface area contributed by atoms with Crippen LogP contribution in [0.2, 0.25) is 0 Å². The van der Waals surface area contributed by atoms with E-state index in [1.54, 1.807) is 18.2 Å². The number of aromatic nitrogens is 2. The van der Waals surface area contributed by atoms with Crippen molar-refractivity contribution < 1.29 is 86.5 Å². The Labute approximate surface area is 365 Å². The molecule has 6 aliphatic rings. The van der Waals surface area contributed by atoms with Gasteiger partial charge in [0.05, 0.1) is 50.9 Å². The number of aliphatic hydroxyl groups excluding tert-OH is 4. The van der Waals surface area contributed by atoms with Crippen molar-refractivity contribution in [1.82, 2.24) is 9.55 Å². The lowest BCUT2D eigenvalue weighted by molar-refractivity contribution is -0.368. The molecule has 4 saturated heterocycles. The quantitative estimate of drug-likeness (QED) is 0.137. The van der Waals surface area contributed by atoms with E-state index in [0.717, 1.165) is 17.1 Å². The van der Waals surface area contributed by atoms with Crippen molar-refractivity contribution in [2.75, 3.05) is 46.6 Å². The summed E-state index contributed by atoms with van der Waals surface area (Å²) in [5, 5.41) is 53.1. The summed E-state index contributed by atoms with van der Waals surface area (Å²) >= 11 is 1.46. The highest BCUT2D eigenvalue weighted by Crippen LogP contribution is 2.57. The smallest absolute Gasteiger partial charge is 0.351 e. The summed E-state index contributed by atoms with van der Waals surface area (Å²) in [4.78, 5) is 29.0. The molecule has 23 heteroatoms. The summed E-state index contributed by atoms with van der Waals surface area (Å²) in [7, 11) is 2.86. The van der Waals surface area contributed by atoms with Crippen LogP contribution in [-0.2, 0) is 33.2 Å². The Bertz CT molecular complexity index is 2400. The highest BCUT2D eigenvalue weighted by atomic mass is 32.1. The van der Waals surface area contributed by atoms with Gasteiger partial charge in [-0.25, -0.2) is 4.79 Å². The molecule has 2 aromatic heterocycles. The van der Waals surface area contributed by atoms with E-state index >= 15 is 0 Å². The molecule has 0 amide bonds. The number of benzene rings is 2. The summed E-state index contributed by atoms with van der Waals surface area (Å²) in [5.74, 6) is -4.91. The lowest BCUT2D eigenvalue weighted by Crippen LogP contribution is -2.62. The van der Waals surface area contributed by atoms with Crippen LogP contribution < -0.4 is 30.4 Å². The lowest BCUT2D eigenvalue weighted by atomic mass is 9.66. The number of aromatic hydroxyl groups is 1. The molecule has 20 nitrogen and oxygen atoms in total. The molecule has 7 heterocycles. The number of esters is 1. The number of nitrogens with two attached hydrogens (primary N) is 1. The molecular formula is C41H43F2N3O17S. The van der Waals surface area contributed by atoms with E-state index in [0.29, 0.717) is 32.8 Å². The number of carbonyl (C=O) groups excluding carboxylic acids is 1. The van der Waals surface area contributed by atoms with Crippen molar-refractivity contribution in [3.63, 3.8) is 0 Å². The first-order valence-electron chi connectivity index (χ1n) is 19.9. The summed E-state index contributed by atoms with van der Waals surface area (Å²) in [6.07, 6.45) is -11.9. The van der Waals surface area contributed by atoms with Gasteiger partial charge in [-0.1, -0.05) is 6.07 Å². The summed E-state index contributed by atoms with van der Waals surface area (Å²) in [6.45, 7) is -0.616. The molecule has 0 radical (unpaired) electrons. The summed E-state index contributed by atoms with van der Waals surface area (Å²) in [6, 6.07) is 11.8. The number of nitrogen functional groups attached to an aromatic ring is 1. The average molecular weight is 920 g/mol. The van der Waals surface area contributed by atoms with Crippen LogP contribution >= 0.6 is 11.3 Å². The van der Waals surface area contributed by atoms with Gasteiger partial charge in [-0.05, 0) is 58.5 Å². The second-order valence-electron chi connectivity index (χ2n) is 15.6. The molecule has 0 saturated carbocycles. The first-order chi connectivity index (χ1) is 30.7. The maximum atomic E-state index is 13.7. The Morgan fingerprint density at radius 2 is 1.67 bits per heavy atom. The third-order valence-electron chi connectivity index (χ3n) is 12.0. The molecule has 2 aromatic carbocycles. The largest absolute Gasteiger partial charge is 0.502 e. The van der Waals surface area contributed by atoms with Gasteiger partial charge in [-0.2, -0.15) is 13.8 Å². The third-order valence-corrected chi connectivity index (χ3v) is 12.9. The molecule has 13 atom stereocenters. The van der Waals surface area contributed by atoms with Crippen molar-refractivity contribution in [1.29, 1.82) is 0 Å². The standard InChI is InChI=1S/C32H32O13S.C9H11F2N3O4/c1-37-19-6-13(7-20(38-2)25(19)33)23-14-8-17-18(42-12-41-17)9-15(14)28(16-10-39-30(36)24(16)23)44-32-27(35)26(34)29-21(43-32)11-40-31(45-29)22-4-3-5-46-22;10-9(11)6(16)4(3-15)18-7(9)14-2-1-5(12)13-8(14)17/h3-9,16,21,23-24,26-29,31-35H,10-12H2,1-2H3;1-2,4,6-7,15-16H,3H2,(H2,12,13,17)/t16?,21-,23-,24+,26-,27-,28?,29-,31?,32+;4-,6-,7-/m11/s1. The number of halogens is 2. The van der Waals surface area contributed by atoms with E-state index in [2.05, 4.69) is 4.98 Å². The van der Waals surface area contributed by atoms with Crippen LogP contribution in [0.15, 0.2) is 58.8 Å². The Morgan fingerprint density at radius 1 is 0.953 bits per heavy atom. The van der Waals surface area contributed by atoms with Gasteiger partial charge in [0.25, 0.3) is 0 Å². The van der Waals surface area contributed by atoms with Crippen LogP contribution in [0, 0.1) is 11.8 Å². The number of thiophene rings is 1. The summed E-state index contributed by atoms with van der Waals surface area (Å²) in [5.41, 5.74) is 6.21. The average Bonchev–Trinajstić information content (AvgIpc) is 4.11. The highest BCUT2D eigenvalue weighted by Gasteiger charge is 2.60. The van der Waals surface area contributed by atoms with E-state index in [1.807, 2.05) is 23.6 Å². The van der Waals surface area contributed by atoms with Gasteiger partial charge in [-0.3, -0.25) is 9.36 Å². The zero-order valence-corrected chi connectivity index (χ0v) is 34.6. The van der Waals surface area contributed by atoms with Gasteiger partial charge in [0.15, 0.2) is 41.7 Å². The highest BCUT2D eigenvalue weighted by molar-refractivity contribution is 7.10. The van der Waals surface area contributed by atoms with Crippen LogP contribution in [0.5, 0.6) is 28.7 Å². The number of alkyl halides is 2. The number of cyclic esters (lactones) is 1. The van der Waals surface area contributed by atoms with Gasteiger partial charge in [-0.15, -0.1) is 11.3 Å². The zero-order chi connectivity index (χ0) is 45.2. The molecule has 0 bridgehead atoms. The monoisotopic (exact) mass is 919 g/mol. The van der Waals surface area contributed by atoms with Gasteiger partial charge in [0.1, 0.15) is 36.3 Å². The number of rotatable bonds is 8. The van der Waals surface area contributed by atoms with Crippen LogP contribution in [0.3, 0.4) is 0 Å². The van der Waals surface area contributed by atoms with Gasteiger partial charge < -0.3 is 78.6 Å². The van der Waals surface area contributed by atoms with Gasteiger partial charge in [0, 0.05) is 18.0 Å². The summed E-state index contributed by atoms with van der Waals surface area (Å²) < 4.78 is 85.3. The second-order valence-corrected chi connectivity index (χ2v) is 16.6. The molecule has 1 aliphatic carbocycles. The lowest BCUT2D eigenvalue weighted by Gasteiger charge is -2.48. The molecule has 7 N–H and O–H groups in total. The number of methoxy groups -OCH3 is 2. The number of phenols is 1. The Hall–Kier alpha value is -5.21. The molecule has 0 spiro atoms. The van der Waals surface area contributed by atoms with E-state index in [9.17, 15) is 38.8 Å². The van der Waals surface area contributed by atoms with E-state index in [-0.39, 0.29) is 43.1 Å². The molecule has 344 valence electrons. The molecule has 10 rings (SSSR count). The minimum atomic E-state index is -3.71. The van der Waals surface area contributed by atoms with Crippen molar-refractivity contribution in [2.24, 2.45) is 11.8 Å².